The second-order valence-corrected chi connectivity index (χ2v) is 6.40. The minimum Gasteiger partial charge on any atom is -0.339 e. The summed E-state index contributed by atoms with van der Waals surface area (Å²) in [7, 11) is 0. The minimum absolute atomic E-state index is 0.109. The Kier molecular flexibility index (Phi) is 4.76. The maximum atomic E-state index is 12.5. The van der Waals surface area contributed by atoms with Crippen LogP contribution < -0.4 is 5.32 Å². The van der Waals surface area contributed by atoms with Crippen molar-refractivity contribution < 1.29 is 9.59 Å². The summed E-state index contributed by atoms with van der Waals surface area (Å²) >= 11 is 0. The van der Waals surface area contributed by atoms with Gasteiger partial charge in [0.15, 0.2) is 0 Å². The molecule has 1 aliphatic carbocycles. The maximum absolute atomic E-state index is 12.5. The summed E-state index contributed by atoms with van der Waals surface area (Å²) in [6.45, 7) is 1.72. The van der Waals surface area contributed by atoms with Crippen LogP contribution in [0.2, 0.25) is 0 Å². The molecule has 2 amide bonds. The Morgan fingerprint density at radius 1 is 0.909 bits per heavy atom. The molecule has 1 aromatic rings. The van der Waals surface area contributed by atoms with Crippen molar-refractivity contribution >= 4 is 17.5 Å². The fourth-order valence-electron chi connectivity index (χ4n) is 3.07. The van der Waals surface area contributed by atoms with Crippen LogP contribution in [0.15, 0.2) is 24.3 Å². The third-order valence-corrected chi connectivity index (χ3v) is 4.77. The SMILES string of the molecule is O=C(Nc1ccc(C(=O)N2CCCCCC2)cc1)C1CCC1. The van der Waals surface area contributed by atoms with E-state index in [1.54, 1.807) is 0 Å². The molecule has 1 saturated heterocycles. The predicted octanol–water partition coefficient (Wildman–Crippen LogP) is 3.44. The molecule has 0 spiro atoms. The van der Waals surface area contributed by atoms with Gasteiger partial charge < -0.3 is 10.2 Å². The van der Waals surface area contributed by atoms with Gasteiger partial charge in [0.05, 0.1) is 0 Å². The zero-order valence-electron chi connectivity index (χ0n) is 13.0. The molecule has 4 nitrogen and oxygen atoms in total. The molecule has 22 heavy (non-hydrogen) atoms. The number of carbonyl (C=O) groups is 2. The lowest BCUT2D eigenvalue weighted by atomic mass is 9.85. The van der Waals surface area contributed by atoms with E-state index in [-0.39, 0.29) is 17.7 Å². The summed E-state index contributed by atoms with van der Waals surface area (Å²) in [6, 6.07) is 7.32. The molecule has 0 unspecified atom stereocenters. The quantitative estimate of drug-likeness (QED) is 0.929. The molecule has 1 saturated carbocycles. The minimum atomic E-state index is 0.109. The molecular weight excluding hydrogens is 276 g/mol. The average molecular weight is 300 g/mol. The van der Waals surface area contributed by atoms with Crippen LogP contribution in [0, 0.1) is 5.92 Å². The number of carbonyl (C=O) groups excluding carboxylic acids is 2. The van der Waals surface area contributed by atoms with Crippen LogP contribution in [0.25, 0.3) is 0 Å². The van der Waals surface area contributed by atoms with Gasteiger partial charge in [-0.25, -0.2) is 0 Å². The fraction of sp³-hybridized carbons (Fsp3) is 0.556. The van der Waals surface area contributed by atoms with Crippen LogP contribution in [-0.4, -0.2) is 29.8 Å². The fourth-order valence-corrected chi connectivity index (χ4v) is 3.07. The lowest BCUT2D eigenvalue weighted by Gasteiger charge is -2.24. The lowest BCUT2D eigenvalue weighted by molar-refractivity contribution is -0.122. The van der Waals surface area contributed by atoms with Gasteiger partial charge in [0.2, 0.25) is 5.91 Å². The number of amides is 2. The van der Waals surface area contributed by atoms with Gasteiger partial charge in [-0.2, -0.15) is 0 Å². The van der Waals surface area contributed by atoms with Gasteiger partial charge in [0, 0.05) is 30.3 Å². The normalized spacial score (nSPS) is 19.2. The molecule has 0 bridgehead atoms. The summed E-state index contributed by atoms with van der Waals surface area (Å²) < 4.78 is 0. The van der Waals surface area contributed by atoms with Crippen molar-refractivity contribution in [2.75, 3.05) is 18.4 Å². The van der Waals surface area contributed by atoms with Crippen molar-refractivity contribution in [3.05, 3.63) is 29.8 Å². The van der Waals surface area contributed by atoms with E-state index in [1.807, 2.05) is 29.2 Å². The van der Waals surface area contributed by atoms with E-state index < -0.39 is 0 Å². The molecule has 1 aliphatic heterocycles. The summed E-state index contributed by atoms with van der Waals surface area (Å²) in [6.07, 6.45) is 7.78. The Balaban J connectivity index is 1.60. The first-order chi connectivity index (χ1) is 10.7. The highest BCUT2D eigenvalue weighted by Crippen LogP contribution is 2.27. The van der Waals surface area contributed by atoms with Gasteiger partial charge in [-0.3, -0.25) is 9.59 Å². The van der Waals surface area contributed by atoms with Crippen LogP contribution in [0.5, 0.6) is 0 Å². The second-order valence-electron chi connectivity index (χ2n) is 6.40. The molecule has 0 aromatic heterocycles. The maximum Gasteiger partial charge on any atom is 0.253 e. The monoisotopic (exact) mass is 300 g/mol. The Hall–Kier alpha value is -1.84. The summed E-state index contributed by atoms with van der Waals surface area (Å²) in [5.74, 6) is 0.398. The predicted molar refractivity (Wildman–Crippen MR) is 86.8 cm³/mol. The van der Waals surface area contributed by atoms with Crippen molar-refractivity contribution in [3.63, 3.8) is 0 Å². The van der Waals surface area contributed by atoms with Gasteiger partial charge in [0.25, 0.3) is 5.91 Å². The van der Waals surface area contributed by atoms with E-state index in [4.69, 9.17) is 0 Å². The molecule has 2 aliphatic rings. The van der Waals surface area contributed by atoms with Crippen LogP contribution >= 0.6 is 0 Å². The van der Waals surface area contributed by atoms with E-state index in [9.17, 15) is 9.59 Å². The average Bonchev–Trinajstić information content (AvgIpc) is 2.74. The van der Waals surface area contributed by atoms with E-state index in [0.717, 1.165) is 50.9 Å². The molecule has 0 atom stereocenters. The first kappa shape index (κ1) is 15.1. The van der Waals surface area contributed by atoms with Crippen molar-refractivity contribution in [1.82, 2.24) is 4.90 Å². The van der Waals surface area contributed by atoms with Crippen LogP contribution in [0.1, 0.15) is 55.3 Å². The number of anilines is 1. The smallest absolute Gasteiger partial charge is 0.253 e. The van der Waals surface area contributed by atoms with Gasteiger partial charge in [-0.1, -0.05) is 19.3 Å². The third kappa shape index (κ3) is 3.49. The number of hydrogen-bond donors (Lipinski definition) is 1. The van der Waals surface area contributed by atoms with Crippen molar-refractivity contribution in [1.29, 1.82) is 0 Å². The zero-order chi connectivity index (χ0) is 15.4. The number of rotatable bonds is 3. The number of benzene rings is 1. The van der Waals surface area contributed by atoms with E-state index in [2.05, 4.69) is 5.32 Å². The molecule has 118 valence electrons. The van der Waals surface area contributed by atoms with Gasteiger partial charge in [0.1, 0.15) is 0 Å². The first-order valence-corrected chi connectivity index (χ1v) is 8.44. The Morgan fingerprint density at radius 3 is 2.09 bits per heavy atom. The van der Waals surface area contributed by atoms with Crippen LogP contribution in [0.3, 0.4) is 0 Å². The van der Waals surface area contributed by atoms with Crippen molar-refractivity contribution in [3.8, 4) is 0 Å². The van der Waals surface area contributed by atoms with Gasteiger partial charge in [-0.05, 0) is 49.9 Å². The zero-order valence-corrected chi connectivity index (χ0v) is 13.0. The lowest BCUT2D eigenvalue weighted by Crippen LogP contribution is -2.31. The highest BCUT2D eigenvalue weighted by Gasteiger charge is 2.25. The van der Waals surface area contributed by atoms with Crippen LogP contribution in [-0.2, 0) is 4.79 Å². The molecule has 0 radical (unpaired) electrons. The summed E-state index contributed by atoms with van der Waals surface area (Å²) in [5.41, 5.74) is 1.49. The largest absolute Gasteiger partial charge is 0.339 e. The van der Waals surface area contributed by atoms with E-state index >= 15 is 0 Å². The molecular formula is C18H24N2O2. The third-order valence-electron chi connectivity index (χ3n) is 4.77. The Bertz CT molecular complexity index is 527. The Labute approximate surface area is 131 Å². The molecule has 1 aromatic carbocycles. The standard InChI is InChI=1S/C18H24N2O2/c21-17(14-6-5-7-14)19-16-10-8-15(9-11-16)18(22)20-12-3-1-2-4-13-20/h8-11,14H,1-7,12-13H2,(H,19,21). The highest BCUT2D eigenvalue weighted by atomic mass is 16.2. The molecule has 2 fully saturated rings. The highest BCUT2D eigenvalue weighted by molar-refractivity contribution is 5.96. The first-order valence-electron chi connectivity index (χ1n) is 8.44. The number of nitrogens with one attached hydrogen (secondary N) is 1. The molecule has 3 rings (SSSR count). The molecule has 1 heterocycles. The second kappa shape index (κ2) is 6.95. The van der Waals surface area contributed by atoms with E-state index in [0.29, 0.717) is 5.56 Å². The van der Waals surface area contributed by atoms with Gasteiger partial charge in [-0.15, -0.1) is 0 Å². The van der Waals surface area contributed by atoms with Crippen molar-refractivity contribution in [2.45, 2.75) is 44.9 Å². The van der Waals surface area contributed by atoms with Gasteiger partial charge >= 0.3 is 0 Å². The van der Waals surface area contributed by atoms with Crippen molar-refractivity contribution in [2.24, 2.45) is 5.92 Å². The number of hydrogen-bond acceptors (Lipinski definition) is 2. The van der Waals surface area contributed by atoms with E-state index in [1.165, 1.54) is 12.8 Å². The van der Waals surface area contributed by atoms with Crippen LogP contribution in [0.4, 0.5) is 5.69 Å². The number of nitrogens with zero attached hydrogens (tertiary/aromatic N) is 1. The molecule has 1 N–H and O–H groups in total. The summed E-state index contributed by atoms with van der Waals surface area (Å²) in [5, 5.41) is 2.94. The topological polar surface area (TPSA) is 49.4 Å². The molecule has 4 heteroatoms. The Morgan fingerprint density at radius 2 is 1.55 bits per heavy atom. The summed E-state index contributed by atoms with van der Waals surface area (Å²) in [4.78, 5) is 26.4. The number of likely N-dealkylation sites (tertiary alicyclic amines) is 1.